The molecule has 0 aliphatic rings. The fourth-order valence-electron chi connectivity index (χ4n) is 0.563. The quantitative estimate of drug-likeness (QED) is 0.454. The molecule has 0 bridgehead atoms. The van der Waals surface area contributed by atoms with Crippen LogP contribution in [0.5, 0.6) is 0 Å². The average molecular weight is 162 g/mol. The maximum Gasteiger partial charge on any atom is 0.0136 e. The molecule has 0 heterocycles. The van der Waals surface area contributed by atoms with Crippen molar-refractivity contribution < 1.29 is 0 Å². The highest BCUT2D eigenvalue weighted by Crippen LogP contribution is 2.02. The van der Waals surface area contributed by atoms with Crippen LogP contribution in [-0.4, -0.2) is 25.4 Å². The van der Waals surface area contributed by atoms with Crippen LogP contribution in [0.4, 0.5) is 0 Å². The molecule has 0 aromatic rings. The first-order valence-corrected chi connectivity index (χ1v) is 4.68. The van der Waals surface area contributed by atoms with Crippen molar-refractivity contribution in [3.63, 3.8) is 0 Å². The van der Waals surface area contributed by atoms with Crippen molar-refractivity contribution in [3.8, 4) is 0 Å². The molecule has 0 rings (SSSR count). The van der Waals surface area contributed by atoms with Gasteiger partial charge in [-0.2, -0.15) is 0 Å². The maximum absolute atomic E-state index is 3.30. The van der Waals surface area contributed by atoms with E-state index in [9.17, 15) is 0 Å². The van der Waals surface area contributed by atoms with Crippen molar-refractivity contribution in [2.75, 3.05) is 20.1 Å². The molecule has 0 saturated carbocycles. The zero-order valence-corrected chi connectivity index (χ0v) is 7.92. The third kappa shape index (κ3) is 8.27. The van der Waals surface area contributed by atoms with Gasteiger partial charge in [0.2, 0.25) is 0 Å². The Labute approximate surface area is 68.3 Å². The lowest BCUT2D eigenvalue weighted by atomic mass is 10.4. The van der Waals surface area contributed by atoms with Crippen molar-refractivity contribution in [3.05, 3.63) is 0 Å². The Bertz CT molecular complexity index is 66.6. The van der Waals surface area contributed by atoms with Gasteiger partial charge in [-0.25, -0.2) is 0 Å². The topological polar surface area (TPSA) is 24.1 Å². The van der Waals surface area contributed by atoms with Crippen molar-refractivity contribution in [1.29, 1.82) is 0 Å². The molecule has 2 N–H and O–H groups in total. The van der Waals surface area contributed by atoms with Gasteiger partial charge in [0.1, 0.15) is 0 Å². The highest BCUT2D eigenvalue weighted by Gasteiger charge is 1.91. The highest BCUT2D eigenvalue weighted by molar-refractivity contribution is 7.97. The summed E-state index contributed by atoms with van der Waals surface area (Å²) in [5.74, 6) is 0. The van der Waals surface area contributed by atoms with Crippen molar-refractivity contribution >= 4 is 11.9 Å². The molecule has 0 spiro atoms. The van der Waals surface area contributed by atoms with Gasteiger partial charge >= 0.3 is 0 Å². The largest absolute Gasteiger partial charge is 0.320 e. The minimum absolute atomic E-state index is 0.689. The molecular formula is C7H18N2S. The van der Waals surface area contributed by atoms with Gasteiger partial charge in [0.15, 0.2) is 0 Å². The molecule has 3 heteroatoms. The Kier molecular flexibility index (Phi) is 7.58. The van der Waals surface area contributed by atoms with E-state index in [4.69, 9.17) is 0 Å². The van der Waals surface area contributed by atoms with Crippen molar-refractivity contribution in [2.45, 2.75) is 25.5 Å². The van der Waals surface area contributed by atoms with E-state index in [0.29, 0.717) is 5.25 Å². The summed E-state index contributed by atoms with van der Waals surface area (Å²) in [6.07, 6.45) is 1.20. The predicted molar refractivity (Wildman–Crippen MR) is 49.3 cm³/mol. The first kappa shape index (κ1) is 10.3. The molecular weight excluding hydrogens is 144 g/mol. The minimum Gasteiger partial charge on any atom is -0.320 e. The summed E-state index contributed by atoms with van der Waals surface area (Å²) in [5.41, 5.74) is 0. The molecule has 0 aromatic carbocycles. The predicted octanol–water partition coefficient (Wildman–Crippen LogP) is 1.24. The zero-order valence-electron chi connectivity index (χ0n) is 7.11. The summed E-state index contributed by atoms with van der Waals surface area (Å²) in [7, 11) is 1.98. The number of nitrogens with one attached hydrogen (secondary N) is 2. The number of hydrogen-bond acceptors (Lipinski definition) is 3. The van der Waals surface area contributed by atoms with E-state index in [1.54, 1.807) is 11.9 Å². The summed E-state index contributed by atoms with van der Waals surface area (Å²) < 4.78 is 3.30. The van der Waals surface area contributed by atoms with Crippen molar-refractivity contribution in [1.82, 2.24) is 10.0 Å². The van der Waals surface area contributed by atoms with E-state index in [0.717, 1.165) is 13.1 Å². The fourth-order valence-corrected chi connectivity index (χ4v) is 1.16. The standard InChI is InChI=1S/C7H18N2S/c1-7(2)10-9-6-4-5-8-3/h7-9H,4-6H2,1-3H3. The lowest BCUT2D eigenvalue weighted by Crippen LogP contribution is -2.15. The van der Waals surface area contributed by atoms with Crippen molar-refractivity contribution in [2.24, 2.45) is 0 Å². The molecule has 0 saturated heterocycles. The van der Waals surface area contributed by atoms with Gasteiger partial charge in [0.25, 0.3) is 0 Å². The molecule has 0 fully saturated rings. The second-order valence-electron chi connectivity index (χ2n) is 2.52. The van der Waals surface area contributed by atoms with Crippen LogP contribution in [0, 0.1) is 0 Å². The second kappa shape index (κ2) is 7.38. The lowest BCUT2D eigenvalue weighted by Gasteiger charge is -2.05. The molecule has 0 amide bonds. The van der Waals surface area contributed by atoms with Crippen LogP contribution in [0.25, 0.3) is 0 Å². The van der Waals surface area contributed by atoms with Crippen LogP contribution in [0.15, 0.2) is 0 Å². The monoisotopic (exact) mass is 162 g/mol. The molecule has 0 unspecified atom stereocenters. The van der Waals surface area contributed by atoms with E-state index >= 15 is 0 Å². The Balaban J connectivity index is 2.77. The highest BCUT2D eigenvalue weighted by atomic mass is 32.2. The van der Waals surface area contributed by atoms with Crippen LogP contribution in [0.3, 0.4) is 0 Å². The Morgan fingerprint density at radius 3 is 2.50 bits per heavy atom. The third-order valence-corrected chi connectivity index (χ3v) is 1.87. The molecule has 2 nitrogen and oxygen atoms in total. The summed E-state index contributed by atoms with van der Waals surface area (Å²) in [6, 6.07) is 0. The first-order chi connectivity index (χ1) is 4.77. The Morgan fingerprint density at radius 1 is 1.30 bits per heavy atom. The van der Waals surface area contributed by atoms with Gasteiger partial charge in [0, 0.05) is 11.8 Å². The molecule has 0 aromatic heterocycles. The van der Waals surface area contributed by atoms with E-state index in [-0.39, 0.29) is 0 Å². The minimum atomic E-state index is 0.689. The Morgan fingerprint density at radius 2 is 2.00 bits per heavy atom. The van der Waals surface area contributed by atoms with Gasteiger partial charge in [0.05, 0.1) is 0 Å². The SMILES string of the molecule is CNCCCNSC(C)C. The maximum atomic E-state index is 3.30. The van der Waals surface area contributed by atoms with Crippen LogP contribution in [0.1, 0.15) is 20.3 Å². The molecule has 0 aliphatic carbocycles. The molecule has 10 heavy (non-hydrogen) atoms. The second-order valence-corrected chi connectivity index (χ2v) is 3.99. The fraction of sp³-hybridized carbons (Fsp3) is 1.00. The van der Waals surface area contributed by atoms with E-state index < -0.39 is 0 Å². The van der Waals surface area contributed by atoms with E-state index in [1.165, 1.54) is 6.42 Å². The van der Waals surface area contributed by atoms with Gasteiger partial charge < -0.3 is 5.32 Å². The smallest absolute Gasteiger partial charge is 0.0136 e. The molecule has 62 valence electrons. The molecule has 0 atom stereocenters. The normalized spacial score (nSPS) is 10.8. The zero-order chi connectivity index (χ0) is 7.82. The third-order valence-electron chi connectivity index (χ3n) is 1.02. The van der Waals surface area contributed by atoms with E-state index in [1.807, 2.05) is 7.05 Å². The van der Waals surface area contributed by atoms with Gasteiger partial charge in [-0.05, 0) is 20.0 Å². The molecule has 0 radical (unpaired) electrons. The van der Waals surface area contributed by atoms with Crippen LogP contribution in [0.2, 0.25) is 0 Å². The number of hydrogen-bond donors (Lipinski definition) is 2. The summed E-state index contributed by atoms with van der Waals surface area (Å²) in [4.78, 5) is 0. The van der Waals surface area contributed by atoms with Gasteiger partial charge in [-0.3, -0.25) is 4.72 Å². The lowest BCUT2D eigenvalue weighted by molar-refractivity contribution is 0.715. The van der Waals surface area contributed by atoms with Crippen LogP contribution in [-0.2, 0) is 0 Å². The van der Waals surface area contributed by atoms with Crippen LogP contribution >= 0.6 is 11.9 Å². The number of rotatable bonds is 6. The molecule has 0 aliphatic heterocycles. The van der Waals surface area contributed by atoms with E-state index in [2.05, 4.69) is 23.9 Å². The average Bonchev–Trinajstić information content (AvgIpc) is 1.87. The summed E-state index contributed by atoms with van der Waals surface area (Å²) in [5, 5.41) is 3.80. The summed E-state index contributed by atoms with van der Waals surface area (Å²) in [6.45, 7) is 6.58. The van der Waals surface area contributed by atoms with Gasteiger partial charge in [-0.15, -0.1) is 0 Å². The summed E-state index contributed by atoms with van der Waals surface area (Å²) >= 11 is 1.80. The first-order valence-electron chi connectivity index (χ1n) is 3.80. The van der Waals surface area contributed by atoms with Gasteiger partial charge in [-0.1, -0.05) is 25.8 Å². The Hall–Kier alpha value is 0.270. The van der Waals surface area contributed by atoms with Crippen LogP contribution < -0.4 is 10.0 Å².